The highest BCUT2D eigenvalue weighted by atomic mass is 79.9. The maximum Gasteiger partial charge on any atom is 0.202 e. The average molecular weight is 263 g/mol. The van der Waals surface area contributed by atoms with E-state index in [0.29, 0.717) is 6.61 Å². The van der Waals surface area contributed by atoms with Crippen LogP contribution in [0.4, 0.5) is 0 Å². The van der Waals surface area contributed by atoms with Crippen LogP contribution in [-0.4, -0.2) is 18.5 Å². The van der Waals surface area contributed by atoms with E-state index in [1.54, 1.807) is 6.92 Å². The van der Waals surface area contributed by atoms with E-state index in [1.807, 2.05) is 18.4 Å². The highest BCUT2D eigenvalue weighted by molar-refractivity contribution is 9.10. The van der Waals surface area contributed by atoms with Gasteiger partial charge in [0.15, 0.2) is 0 Å². The molecule has 0 amide bonds. The third kappa shape index (κ3) is 2.62. The lowest BCUT2D eigenvalue weighted by molar-refractivity contribution is 0.0524. The molecule has 0 saturated carbocycles. The maximum atomic E-state index is 11.7. The first-order valence-electron chi connectivity index (χ1n) is 4.05. The fourth-order valence-corrected chi connectivity index (χ4v) is 2.57. The van der Waals surface area contributed by atoms with Crippen LogP contribution in [-0.2, 0) is 4.74 Å². The van der Waals surface area contributed by atoms with Crippen molar-refractivity contribution in [3.63, 3.8) is 0 Å². The third-order valence-electron chi connectivity index (χ3n) is 1.63. The summed E-state index contributed by atoms with van der Waals surface area (Å²) in [6, 6.07) is 1.87. The summed E-state index contributed by atoms with van der Waals surface area (Å²) in [5.74, 6) is 0.0451. The molecule has 0 spiro atoms. The SMILES string of the molecule is CCOC(C)C(=O)c1sccc1Br. The molecule has 0 aromatic carbocycles. The van der Waals surface area contributed by atoms with Crippen molar-refractivity contribution in [1.29, 1.82) is 0 Å². The van der Waals surface area contributed by atoms with E-state index in [0.717, 1.165) is 9.35 Å². The van der Waals surface area contributed by atoms with Crippen LogP contribution in [0.5, 0.6) is 0 Å². The molecule has 72 valence electrons. The van der Waals surface area contributed by atoms with Crippen LogP contribution >= 0.6 is 27.3 Å². The molecular formula is C9H11BrO2S. The van der Waals surface area contributed by atoms with Gasteiger partial charge in [0.05, 0.1) is 4.88 Å². The van der Waals surface area contributed by atoms with E-state index in [9.17, 15) is 4.79 Å². The molecule has 0 bridgehead atoms. The monoisotopic (exact) mass is 262 g/mol. The summed E-state index contributed by atoms with van der Waals surface area (Å²) in [4.78, 5) is 12.4. The normalized spacial score (nSPS) is 12.8. The van der Waals surface area contributed by atoms with Gasteiger partial charge in [-0.1, -0.05) is 0 Å². The van der Waals surface area contributed by atoms with Crippen molar-refractivity contribution in [3.8, 4) is 0 Å². The van der Waals surface area contributed by atoms with Crippen molar-refractivity contribution in [1.82, 2.24) is 0 Å². The van der Waals surface area contributed by atoms with Gasteiger partial charge in [0.2, 0.25) is 5.78 Å². The molecule has 0 saturated heterocycles. The molecule has 0 aliphatic rings. The molecule has 0 N–H and O–H groups in total. The maximum absolute atomic E-state index is 11.7. The zero-order chi connectivity index (χ0) is 9.84. The van der Waals surface area contributed by atoms with E-state index in [-0.39, 0.29) is 11.9 Å². The Labute approximate surface area is 90.0 Å². The Balaban J connectivity index is 2.73. The predicted molar refractivity (Wildman–Crippen MR) is 57.4 cm³/mol. The summed E-state index contributed by atoms with van der Waals surface area (Å²) in [6.07, 6.45) is -0.347. The Morgan fingerprint density at radius 3 is 2.92 bits per heavy atom. The number of rotatable bonds is 4. The van der Waals surface area contributed by atoms with Crippen LogP contribution in [0.1, 0.15) is 23.5 Å². The Morgan fingerprint density at radius 2 is 2.46 bits per heavy atom. The number of Topliss-reactive ketones (excluding diaryl/α,β-unsaturated/α-hetero) is 1. The van der Waals surface area contributed by atoms with Crippen LogP contribution in [0, 0.1) is 0 Å². The van der Waals surface area contributed by atoms with E-state index < -0.39 is 0 Å². The Kier molecular flexibility index (Phi) is 4.09. The minimum absolute atomic E-state index is 0.0451. The van der Waals surface area contributed by atoms with Gasteiger partial charge >= 0.3 is 0 Å². The number of thiophene rings is 1. The second-order valence-corrected chi connectivity index (χ2v) is 4.33. The first-order valence-corrected chi connectivity index (χ1v) is 5.73. The number of carbonyl (C=O) groups excluding carboxylic acids is 1. The van der Waals surface area contributed by atoms with Gasteiger partial charge in [-0.05, 0) is 41.2 Å². The van der Waals surface area contributed by atoms with Crippen molar-refractivity contribution < 1.29 is 9.53 Å². The summed E-state index contributed by atoms with van der Waals surface area (Å²) in [5.41, 5.74) is 0. The van der Waals surface area contributed by atoms with E-state index >= 15 is 0 Å². The summed E-state index contributed by atoms with van der Waals surface area (Å²) in [7, 11) is 0. The van der Waals surface area contributed by atoms with Gasteiger partial charge in [-0.3, -0.25) is 4.79 Å². The molecule has 1 heterocycles. The van der Waals surface area contributed by atoms with E-state index in [1.165, 1.54) is 11.3 Å². The van der Waals surface area contributed by atoms with Crippen molar-refractivity contribution in [3.05, 3.63) is 20.8 Å². The fraction of sp³-hybridized carbons (Fsp3) is 0.444. The number of halogens is 1. The first-order chi connectivity index (χ1) is 6.16. The molecule has 4 heteroatoms. The highest BCUT2D eigenvalue weighted by Crippen LogP contribution is 2.24. The predicted octanol–water partition coefficient (Wildman–Crippen LogP) is 3.12. The average Bonchev–Trinajstić information content (AvgIpc) is 2.50. The molecule has 13 heavy (non-hydrogen) atoms. The first kappa shape index (κ1) is 10.9. The van der Waals surface area contributed by atoms with Gasteiger partial charge in [-0.2, -0.15) is 0 Å². The standard InChI is InChI=1S/C9H11BrO2S/c1-3-12-6(2)8(11)9-7(10)4-5-13-9/h4-6H,3H2,1-2H3. The molecule has 0 aliphatic carbocycles. The van der Waals surface area contributed by atoms with Gasteiger partial charge in [0, 0.05) is 11.1 Å². The lowest BCUT2D eigenvalue weighted by Crippen LogP contribution is -2.20. The Hall–Kier alpha value is -0.190. The summed E-state index contributed by atoms with van der Waals surface area (Å²) in [6.45, 7) is 4.22. The topological polar surface area (TPSA) is 26.3 Å². The van der Waals surface area contributed by atoms with Crippen LogP contribution < -0.4 is 0 Å². The number of ether oxygens (including phenoxy) is 1. The molecular weight excluding hydrogens is 252 g/mol. The lowest BCUT2D eigenvalue weighted by Gasteiger charge is -2.08. The number of hydrogen-bond acceptors (Lipinski definition) is 3. The molecule has 1 aromatic heterocycles. The second-order valence-electron chi connectivity index (χ2n) is 2.56. The summed E-state index contributed by atoms with van der Waals surface area (Å²) in [5, 5.41) is 1.88. The number of ketones is 1. The zero-order valence-corrected chi connectivity index (χ0v) is 9.94. The van der Waals surface area contributed by atoms with Crippen LogP contribution in [0.3, 0.4) is 0 Å². The zero-order valence-electron chi connectivity index (χ0n) is 7.54. The minimum atomic E-state index is -0.347. The van der Waals surface area contributed by atoms with Gasteiger partial charge in [-0.25, -0.2) is 0 Å². The molecule has 2 nitrogen and oxygen atoms in total. The molecule has 0 aliphatic heterocycles. The number of hydrogen-bond donors (Lipinski definition) is 0. The molecule has 0 radical (unpaired) electrons. The van der Waals surface area contributed by atoms with E-state index in [2.05, 4.69) is 15.9 Å². The molecule has 1 unspecified atom stereocenters. The van der Waals surface area contributed by atoms with Crippen molar-refractivity contribution in [2.75, 3.05) is 6.61 Å². The third-order valence-corrected chi connectivity index (χ3v) is 3.48. The molecule has 1 aromatic rings. The van der Waals surface area contributed by atoms with Gasteiger partial charge in [-0.15, -0.1) is 11.3 Å². The summed E-state index contributed by atoms with van der Waals surface area (Å²) < 4.78 is 6.07. The van der Waals surface area contributed by atoms with Crippen LogP contribution in [0.2, 0.25) is 0 Å². The smallest absolute Gasteiger partial charge is 0.202 e. The Morgan fingerprint density at radius 1 is 1.77 bits per heavy atom. The van der Waals surface area contributed by atoms with Crippen LogP contribution in [0.25, 0.3) is 0 Å². The van der Waals surface area contributed by atoms with Gasteiger partial charge in [0.1, 0.15) is 6.10 Å². The molecule has 0 fully saturated rings. The summed E-state index contributed by atoms with van der Waals surface area (Å²) >= 11 is 4.76. The van der Waals surface area contributed by atoms with Crippen molar-refractivity contribution >= 4 is 33.0 Å². The quantitative estimate of drug-likeness (QED) is 0.780. The number of carbonyl (C=O) groups is 1. The highest BCUT2D eigenvalue weighted by Gasteiger charge is 2.18. The van der Waals surface area contributed by atoms with Gasteiger partial charge < -0.3 is 4.74 Å². The minimum Gasteiger partial charge on any atom is -0.371 e. The lowest BCUT2D eigenvalue weighted by atomic mass is 10.2. The van der Waals surface area contributed by atoms with Crippen molar-refractivity contribution in [2.24, 2.45) is 0 Å². The van der Waals surface area contributed by atoms with Gasteiger partial charge in [0.25, 0.3) is 0 Å². The van der Waals surface area contributed by atoms with Crippen LogP contribution in [0.15, 0.2) is 15.9 Å². The van der Waals surface area contributed by atoms with Crippen molar-refractivity contribution in [2.45, 2.75) is 20.0 Å². The Bertz CT molecular complexity index is 296. The molecule has 1 rings (SSSR count). The van der Waals surface area contributed by atoms with E-state index in [4.69, 9.17) is 4.74 Å². The second kappa shape index (κ2) is 4.88. The fourth-order valence-electron chi connectivity index (χ4n) is 0.980. The largest absolute Gasteiger partial charge is 0.371 e. The molecule has 1 atom stereocenters.